The Morgan fingerprint density at radius 3 is 2.42 bits per heavy atom. The van der Waals surface area contributed by atoms with E-state index in [1.165, 1.54) is 25.3 Å². The molecule has 108 valence electrons. The summed E-state index contributed by atoms with van der Waals surface area (Å²) in [5, 5.41) is 2.40. The van der Waals surface area contributed by atoms with E-state index in [9.17, 15) is 17.6 Å². The molecule has 0 aromatic heterocycles. The van der Waals surface area contributed by atoms with Crippen LogP contribution in [-0.2, 0) is 0 Å². The van der Waals surface area contributed by atoms with Gasteiger partial charge in [0.25, 0.3) is 0 Å². The Kier molecular flexibility index (Phi) is 5.61. The average Bonchev–Trinajstić information content (AvgIpc) is 2.36. The molecular formula is C12H14BrF4NO. The molecule has 1 atom stereocenters. The van der Waals surface area contributed by atoms with Crippen molar-refractivity contribution < 1.29 is 22.3 Å². The average molecular weight is 344 g/mol. The van der Waals surface area contributed by atoms with Crippen LogP contribution in [0.1, 0.15) is 18.5 Å². The van der Waals surface area contributed by atoms with E-state index in [1.807, 2.05) is 0 Å². The Morgan fingerprint density at radius 2 is 2.00 bits per heavy atom. The maximum atomic E-state index is 13.6. The number of nitrogens with one attached hydrogen (secondary N) is 1. The number of alkyl halides is 4. The van der Waals surface area contributed by atoms with Crippen molar-refractivity contribution in [2.75, 3.05) is 13.7 Å². The molecule has 0 saturated carbocycles. The number of ether oxygens (including phenoxy) is 1. The quantitative estimate of drug-likeness (QED) is 0.788. The van der Waals surface area contributed by atoms with Crippen molar-refractivity contribution in [3.63, 3.8) is 0 Å². The van der Waals surface area contributed by atoms with Crippen LogP contribution in [0.2, 0.25) is 0 Å². The summed E-state index contributed by atoms with van der Waals surface area (Å²) in [6.07, 6.45) is -3.74. The van der Waals surface area contributed by atoms with E-state index < -0.39 is 18.4 Å². The molecule has 19 heavy (non-hydrogen) atoms. The van der Waals surface area contributed by atoms with Gasteiger partial charge in [-0.2, -0.15) is 8.78 Å². The SMILES string of the molecule is CCNC(c1ccc(OC)cc1Br)C(F)(F)C(F)F. The molecule has 7 heteroatoms. The number of rotatable bonds is 6. The van der Waals surface area contributed by atoms with Crippen LogP contribution < -0.4 is 10.1 Å². The van der Waals surface area contributed by atoms with Gasteiger partial charge >= 0.3 is 12.3 Å². The van der Waals surface area contributed by atoms with Gasteiger partial charge in [0.05, 0.1) is 7.11 Å². The molecule has 1 unspecified atom stereocenters. The van der Waals surface area contributed by atoms with Crippen molar-refractivity contribution in [2.24, 2.45) is 0 Å². The first-order valence-corrected chi connectivity index (χ1v) is 6.36. The highest BCUT2D eigenvalue weighted by Gasteiger charge is 2.49. The molecular weight excluding hydrogens is 330 g/mol. The highest BCUT2D eigenvalue weighted by molar-refractivity contribution is 9.10. The minimum atomic E-state index is -4.16. The molecule has 0 aliphatic heterocycles. The minimum Gasteiger partial charge on any atom is -0.497 e. The van der Waals surface area contributed by atoms with Gasteiger partial charge in [0.2, 0.25) is 0 Å². The monoisotopic (exact) mass is 343 g/mol. The van der Waals surface area contributed by atoms with Crippen LogP contribution >= 0.6 is 15.9 Å². The van der Waals surface area contributed by atoms with Gasteiger partial charge in [0.1, 0.15) is 11.8 Å². The number of hydrogen-bond donors (Lipinski definition) is 1. The summed E-state index contributed by atoms with van der Waals surface area (Å²) in [7, 11) is 1.43. The Labute approximate surface area is 117 Å². The summed E-state index contributed by atoms with van der Waals surface area (Å²) < 4.78 is 57.4. The van der Waals surface area contributed by atoms with Crippen LogP contribution in [-0.4, -0.2) is 26.0 Å². The van der Waals surface area contributed by atoms with Gasteiger partial charge in [-0.05, 0) is 24.2 Å². The molecule has 0 aliphatic rings. The lowest BCUT2D eigenvalue weighted by Crippen LogP contribution is -2.42. The number of hydrogen-bond acceptors (Lipinski definition) is 2. The zero-order chi connectivity index (χ0) is 14.6. The van der Waals surface area contributed by atoms with E-state index in [1.54, 1.807) is 6.92 Å². The fraction of sp³-hybridized carbons (Fsp3) is 0.500. The smallest absolute Gasteiger partial charge is 0.326 e. The maximum Gasteiger partial charge on any atom is 0.326 e. The van der Waals surface area contributed by atoms with Crippen molar-refractivity contribution in [1.29, 1.82) is 0 Å². The van der Waals surface area contributed by atoms with Gasteiger partial charge in [0.15, 0.2) is 0 Å². The molecule has 0 aliphatic carbocycles. The molecule has 0 radical (unpaired) electrons. The van der Waals surface area contributed by atoms with E-state index in [4.69, 9.17) is 4.74 Å². The summed E-state index contributed by atoms with van der Waals surface area (Å²) in [5.41, 5.74) is 0.0629. The molecule has 0 heterocycles. The van der Waals surface area contributed by atoms with Crippen molar-refractivity contribution in [3.8, 4) is 5.75 Å². The highest BCUT2D eigenvalue weighted by atomic mass is 79.9. The molecule has 0 spiro atoms. The van der Waals surface area contributed by atoms with Gasteiger partial charge in [-0.15, -0.1) is 0 Å². The number of methoxy groups -OCH3 is 1. The van der Waals surface area contributed by atoms with Gasteiger partial charge in [-0.3, -0.25) is 0 Å². The van der Waals surface area contributed by atoms with E-state index in [0.717, 1.165) is 0 Å². The Bertz CT molecular complexity index is 428. The van der Waals surface area contributed by atoms with Crippen molar-refractivity contribution in [1.82, 2.24) is 5.32 Å². The second-order valence-electron chi connectivity index (χ2n) is 3.85. The standard InChI is InChI=1S/C12H14BrF4NO/c1-3-18-10(12(16,17)11(14)15)8-5-4-7(19-2)6-9(8)13/h4-6,10-11,18H,3H2,1-2H3. The van der Waals surface area contributed by atoms with Crippen molar-refractivity contribution in [3.05, 3.63) is 28.2 Å². The molecule has 0 amide bonds. The van der Waals surface area contributed by atoms with Crippen LogP contribution in [0.15, 0.2) is 22.7 Å². The minimum absolute atomic E-state index is 0.0629. The van der Waals surface area contributed by atoms with Crippen molar-refractivity contribution >= 4 is 15.9 Å². The predicted octanol–water partition coefficient (Wildman–Crippen LogP) is 4.01. The zero-order valence-electron chi connectivity index (χ0n) is 10.4. The number of halogens is 5. The Balaban J connectivity index is 3.19. The van der Waals surface area contributed by atoms with E-state index >= 15 is 0 Å². The summed E-state index contributed by atoms with van der Waals surface area (Å²) in [5.74, 6) is -3.71. The molecule has 0 saturated heterocycles. The predicted molar refractivity (Wildman–Crippen MR) is 68.1 cm³/mol. The second kappa shape index (κ2) is 6.56. The van der Waals surface area contributed by atoms with E-state index in [2.05, 4.69) is 21.2 Å². The van der Waals surface area contributed by atoms with Crippen molar-refractivity contribution in [2.45, 2.75) is 25.3 Å². The lowest BCUT2D eigenvalue weighted by molar-refractivity contribution is -0.151. The van der Waals surface area contributed by atoms with Gasteiger partial charge in [-0.25, -0.2) is 8.78 Å². The fourth-order valence-electron chi connectivity index (χ4n) is 1.65. The van der Waals surface area contributed by atoms with Crippen LogP contribution in [0.3, 0.4) is 0 Å². The fourth-order valence-corrected chi connectivity index (χ4v) is 2.24. The van der Waals surface area contributed by atoms with Gasteiger partial charge in [0, 0.05) is 4.47 Å². The molecule has 1 aromatic carbocycles. The molecule has 1 aromatic rings. The van der Waals surface area contributed by atoms with E-state index in [-0.39, 0.29) is 16.6 Å². The summed E-state index contributed by atoms with van der Waals surface area (Å²) in [6, 6.07) is 2.48. The first kappa shape index (κ1) is 16.2. The number of benzene rings is 1. The Hall–Kier alpha value is -0.820. The molecule has 2 nitrogen and oxygen atoms in total. The Morgan fingerprint density at radius 1 is 1.37 bits per heavy atom. The molecule has 1 N–H and O–H groups in total. The lowest BCUT2D eigenvalue weighted by atomic mass is 10.0. The first-order chi connectivity index (χ1) is 8.84. The highest BCUT2D eigenvalue weighted by Crippen LogP contribution is 2.40. The molecule has 1 rings (SSSR count). The zero-order valence-corrected chi connectivity index (χ0v) is 12.0. The van der Waals surface area contributed by atoms with Crippen LogP contribution in [0.5, 0.6) is 5.75 Å². The third-order valence-electron chi connectivity index (χ3n) is 2.60. The first-order valence-electron chi connectivity index (χ1n) is 5.57. The largest absolute Gasteiger partial charge is 0.497 e. The third-order valence-corrected chi connectivity index (χ3v) is 3.29. The third kappa shape index (κ3) is 3.60. The maximum absolute atomic E-state index is 13.6. The topological polar surface area (TPSA) is 21.3 Å². The molecule has 0 fully saturated rings. The summed E-state index contributed by atoms with van der Waals surface area (Å²) in [4.78, 5) is 0. The van der Waals surface area contributed by atoms with Crippen LogP contribution in [0.4, 0.5) is 17.6 Å². The second-order valence-corrected chi connectivity index (χ2v) is 4.71. The molecule has 0 bridgehead atoms. The van der Waals surface area contributed by atoms with Crippen LogP contribution in [0.25, 0.3) is 0 Å². The van der Waals surface area contributed by atoms with Gasteiger partial charge in [-0.1, -0.05) is 28.9 Å². The van der Waals surface area contributed by atoms with E-state index in [0.29, 0.717) is 5.75 Å². The van der Waals surface area contributed by atoms with Gasteiger partial charge < -0.3 is 10.1 Å². The summed E-state index contributed by atoms with van der Waals surface area (Å²) >= 11 is 3.10. The summed E-state index contributed by atoms with van der Waals surface area (Å²) in [6.45, 7) is 1.72. The normalized spacial score (nSPS) is 13.7. The lowest BCUT2D eigenvalue weighted by Gasteiger charge is -2.28. The van der Waals surface area contributed by atoms with Crippen LogP contribution in [0, 0.1) is 0 Å².